The number of anilines is 1. The third-order valence-corrected chi connectivity index (χ3v) is 5.92. The first-order valence-electron chi connectivity index (χ1n) is 9.85. The van der Waals surface area contributed by atoms with E-state index in [0.717, 1.165) is 26.1 Å². The van der Waals surface area contributed by atoms with Crippen LogP contribution in [0.1, 0.15) is 44.5 Å². The molecule has 1 aromatic rings. The van der Waals surface area contributed by atoms with Crippen LogP contribution in [0.25, 0.3) is 0 Å². The largest absolute Gasteiger partial charge is 0.365 e. The topological polar surface area (TPSA) is 78.7 Å². The Morgan fingerprint density at radius 3 is 2.48 bits per heavy atom. The molecule has 0 bridgehead atoms. The van der Waals surface area contributed by atoms with Crippen molar-refractivity contribution in [3.05, 3.63) is 33.9 Å². The van der Waals surface area contributed by atoms with Gasteiger partial charge in [0.2, 0.25) is 0 Å². The number of carbonyl (C=O) groups is 1. The van der Waals surface area contributed by atoms with Crippen molar-refractivity contribution < 1.29 is 9.72 Å². The van der Waals surface area contributed by atoms with Crippen LogP contribution in [0.2, 0.25) is 0 Å². The minimum Gasteiger partial charge on any atom is -0.365 e. The third-order valence-electron chi connectivity index (χ3n) is 5.92. The Balaban J connectivity index is 1.89. The molecule has 0 saturated carbocycles. The monoisotopic (exact) mass is 374 g/mol. The summed E-state index contributed by atoms with van der Waals surface area (Å²) in [7, 11) is 0. The number of piperazine rings is 1. The zero-order valence-electron chi connectivity index (χ0n) is 16.6. The van der Waals surface area contributed by atoms with E-state index in [1.807, 2.05) is 18.7 Å². The predicted octanol–water partition coefficient (Wildman–Crippen LogP) is 2.90. The van der Waals surface area contributed by atoms with Crippen molar-refractivity contribution >= 4 is 17.3 Å². The SMILES string of the molecule is CC1CC(C)CN(c2ccc(C(=O)N3CCNC(C)C3C)cc2[N+](=O)[O-])C1. The van der Waals surface area contributed by atoms with E-state index in [4.69, 9.17) is 0 Å². The van der Waals surface area contributed by atoms with Crippen molar-refractivity contribution in [3.63, 3.8) is 0 Å². The van der Waals surface area contributed by atoms with Gasteiger partial charge in [-0.2, -0.15) is 0 Å². The Morgan fingerprint density at radius 2 is 1.85 bits per heavy atom. The zero-order chi connectivity index (χ0) is 19.7. The van der Waals surface area contributed by atoms with Crippen LogP contribution in [0.4, 0.5) is 11.4 Å². The quantitative estimate of drug-likeness (QED) is 0.650. The Labute approximate surface area is 160 Å². The van der Waals surface area contributed by atoms with Gasteiger partial charge in [0.25, 0.3) is 11.6 Å². The van der Waals surface area contributed by atoms with E-state index in [9.17, 15) is 14.9 Å². The van der Waals surface area contributed by atoms with Crippen LogP contribution < -0.4 is 10.2 Å². The van der Waals surface area contributed by atoms with Crippen molar-refractivity contribution in [2.75, 3.05) is 31.1 Å². The molecule has 2 saturated heterocycles. The molecule has 7 heteroatoms. The number of nitro groups is 1. The highest BCUT2D eigenvalue weighted by Gasteiger charge is 2.31. The number of benzene rings is 1. The first kappa shape index (κ1) is 19.6. The molecule has 4 atom stereocenters. The molecule has 2 heterocycles. The molecule has 1 amide bonds. The smallest absolute Gasteiger partial charge is 0.293 e. The number of piperidine rings is 1. The summed E-state index contributed by atoms with van der Waals surface area (Å²) in [6.45, 7) is 11.4. The molecule has 27 heavy (non-hydrogen) atoms. The van der Waals surface area contributed by atoms with Gasteiger partial charge in [0.15, 0.2) is 0 Å². The van der Waals surface area contributed by atoms with Gasteiger partial charge >= 0.3 is 0 Å². The van der Waals surface area contributed by atoms with Crippen molar-refractivity contribution in [2.45, 2.75) is 46.2 Å². The first-order valence-corrected chi connectivity index (χ1v) is 9.85. The number of amides is 1. The highest BCUT2D eigenvalue weighted by atomic mass is 16.6. The third kappa shape index (κ3) is 4.08. The number of carbonyl (C=O) groups excluding carboxylic acids is 1. The summed E-state index contributed by atoms with van der Waals surface area (Å²) in [6.07, 6.45) is 1.14. The summed E-state index contributed by atoms with van der Waals surface area (Å²) >= 11 is 0. The zero-order valence-corrected chi connectivity index (χ0v) is 16.6. The maximum absolute atomic E-state index is 13.0. The Morgan fingerprint density at radius 1 is 1.19 bits per heavy atom. The van der Waals surface area contributed by atoms with Gasteiger partial charge in [-0.15, -0.1) is 0 Å². The van der Waals surface area contributed by atoms with Gasteiger partial charge in [0.1, 0.15) is 5.69 Å². The summed E-state index contributed by atoms with van der Waals surface area (Å²) < 4.78 is 0. The average Bonchev–Trinajstić information content (AvgIpc) is 2.62. The van der Waals surface area contributed by atoms with E-state index in [2.05, 4.69) is 24.1 Å². The Hall–Kier alpha value is -2.15. The molecule has 3 rings (SSSR count). The molecular weight excluding hydrogens is 344 g/mol. The predicted molar refractivity (Wildman–Crippen MR) is 106 cm³/mol. The van der Waals surface area contributed by atoms with E-state index in [-0.39, 0.29) is 28.6 Å². The fourth-order valence-corrected chi connectivity index (χ4v) is 4.44. The lowest BCUT2D eigenvalue weighted by Gasteiger charge is -2.39. The highest BCUT2D eigenvalue weighted by molar-refractivity contribution is 5.96. The number of rotatable bonds is 3. The highest BCUT2D eigenvalue weighted by Crippen LogP contribution is 2.34. The summed E-state index contributed by atoms with van der Waals surface area (Å²) in [4.78, 5) is 28.3. The van der Waals surface area contributed by atoms with Crippen LogP contribution in [0.5, 0.6) is 0 Å². The van der Waals surface area contributed by atoms with E-state index in [1.165, 1.54) is 6.07 Å². The maximum atomic E-state index is 13.0. The normalized spacial score (nSPS) is 28.9. The molecule has 2 aliphatic heterocycles. The molecule has 2 fully saturated rings. The van der Waals surface area contributed by atoms with Crippen LogP contribution in [0.15, 0.2) is 18.2 Å². The van der Waals surface area contributed by atoms with E-state index < -0.39 is 0 Å². The standard InChI is InChI=1S/C20H30N4O3/c1-13-9-14(2)12-22(11-13)18-6-5-17(10-19(18)24(26)27)20(25)23-8-7-21-15(3)16(23)4/h5-6,10,13-16,21H,7-9,11-12H2,1-4H3. The van der Waals surface area contributed by atoms with E-state index in [0.29, 0.717) is 29.6 Å². The summed E-state index contributed by atoms with van der Waals surface area (Å²) in [5, 5.41) is 15.1. The molecule has 0 radical (unpaired) electrons. The van der Waals surface area contributed by atoms with Crippen molar-refractivity contribution in [1.82, 2.24) is 10.2 Å². The molecule has 0 aliphatic carbocycles. The van der Waals surface area contributed by atoms with Gasteiger partial charge in [-0.3, -0.25) is 14.9 Å². The summed E-state index contributed by atoms with van der Waals surface area (Å²) in [5.41, 5.74) is 1.04. The first-order chi connectivity index (χ1) is 12.8. The lowest BCUT2D eigenvalue weighted by molar-refractivity contribution is -0.384. The fourth-order valence-electron chi connectivity index (χ4n) is 4.44. The van der Waals surface area contributed by atoms with Gasteiger partial charge in [0, 0.05) is 49.9 Å². The minimum atomic E-state index is -0.361. The van der Waals surface area contributed by atoms with Crippen molar-refractivity contribution in [1.29, 1.82) is 0 Å². The lowest BCUT2D eigenvalue weighted by Crippen LogP contribution is -2.57. The number of hydrogen-bond acceptors (Lipinski definition) is 5. The van der Waals surface area contributed by atoms with Gasteiger partial charge in [0.05, 0.1) is 4.92 Å². The number of nitrogens with zero attached hydrogens (tertiary/aromatic N) is 3. The van der Waals surface area contributed by atoms with Crippen LogP contribution in [0, 0.1) is 22.0 Å². The molecule has 1 N–H and O–H groups in total. The Kier molecular flexibility index (Phi) is 5.69. The fraction of sp³-hybridized carbons (Fsp3) is 0.650. The second-order valence-corrected chi connectivity index (χ2v) is 8.29. The van der Waals surface area contributed by atoms with Crippen molar-refractivity contribution in [3.8, 4) is 0 Å². The van der Waals surface area contributed by atoms with Gasteiger partial charge in [-0.25, -0.2) is 0 Å². The molecule has 0 aromatic heterocycles. The average molecular weight is 374 g/mol. The molecule has 4 unspecified atom stereocenters. The molecule has 148 valence electrons. The number of nitrogens with one attached hydrogen (secondary N) is 1. The van der Waals surface area contributed by atoms with Gasteiger partial charge in [-0.1, -0.05) is 13.8 Å². The molecule has 2 aliphatic rings. The number of nitro benzene ring substituents is 1. The molecule has 0 spiro atoms. The van der Waals surface area contributed by atoms with E-state index in [1.54, 1.807) is 12.1 Å². The van der Waals surface area contributed by atoms with E-state index >= 15 is 0 Å². The molecule has 1 aromatic carbocycles. The Bertz CT molecular complexity index is 713. The number of hydrogen-bond donors (Lipinski definition) is 1. The second kappa shape index (κ2) is 7.84. The molecular formula is C20H30N4O3. The minimum absolute atomic E-state index is 0.0259. The van der Waals surface area contributed by atoms with Crippen LogP contribution in [-0.2, 0) is 0 Å². The van der Waals surface area contributed by atoms with Crippen molar-refractivity contribution in [2.24, 2.45) is 11.8 Å². The van der Waals surface area contributed by atoms with Crippen LogP contribution in [0.3, 0.4) is 0 Å². The van der Waals surface area contributed by atoms with Crippen LogP contribution >= 0.6 is 0 Å². The molecule has 7 nitrogen and oxygen atoms in total. The van der Waals surface area contributed by atoms with Crippen LogP contribution in [-0.4, -0.2) is 54.0 Å². The summed E-state index contributed by atoms with van der Waals surface area (Å²) in [6, 6.07) is 5.21. The lowest BCUT2D eigenvalue weighted by atomic mass is 9.91. The second-order valence-electron chi connectivity index (χ2n) is 8.29. The maximum Gasteiger partial charge on any atom is 0.293 e. The summed E-state index contributed by atoms with van der Waals surface area (Å²) in [5.74, 6) is 0.863. The van der Waals surface area contributed by atoms with Gasteiger partial charge < -0.3 is 15.1 Å². The van der Waals surface area contributed by atoms with Gasteiger partial charge in [-0.05, 0) is 44.2 Å².